The van der Waals surface area contributed by atoms with Gasteiger partial charge in [0, 0.05) is 17.1 Å². The molecule has 1 N–H and O–H groups in total. The van der Waals surface area contributed by atoms with Gasteiger partial charge in [-0.3, -0.25) is 0 Å². The lowest BCUT2D eigenvalue weighted by Crippen LogP contribution is -1.86. The van der Waals surface area contributed by atoms with Crippen LogP contribution in [-0.4, -0.2) is 4.98 Å². The summed E-state index contributed by atoms with van der Waals surface area (Å²) in [6.07, 6.45) is 23.5. The molecule has 140 valence electrons. The van der Waals surface area contributed by atoms with Crippen molar-refractivity contribution in [1.82, 2.24) is 4.98 Å². The van der Waals surface area contributed by atoms with Gasteiger partial charge in [-0.15, -0.1) is 0 Å². The van der Waals surface area contributed by atoms with Gasteiger partial charge in [0.1, 0.15) is 0 Å². The molecule has 0 fully saturated rings. The fraction of sp³-hybridized carbons (Fsp3) is 0.667. The molecule has 25 heavy (non-hydrogen) atoms. The lowest BCUT2D eigenvalue weighted by Gasteiger charge is -2.03. The van der Waals surface area contributed by atoms with Gasteiger partial charge in [-0.25, -0.2) is 0 Å². The maximum absolute atomic E-state index is 3.39. The lowest BCUT2D eigenvalue weighted by molar-refractivity contribution is 0.535. The van der Waals surface area contributed by atoms with E-state index in [9.17, 15) is 0 Å². The molecule has 0 saturated heterocycles. The quantitative estimate of drug-likeness (QED) is 0.314. The molecule has 2 rings (SSSR count). The van der Waals surface area contributed by atoms with Crippen LogP contribution in [0.3, 0.4) is 0 Å². The summed E-state index contributed by atoms with van der Waals surface area (Å²) in [6, 6.07) is 8.66. The lowest BCUT2D eigenvalue weighted by atomic mass is 10.0. The summed E-state index contributed by atoms with van der Waals surface area (Å²) in [5, 5.41) is 1.41. The SMILES string of the molecule is CCCCCCCCCCCCCCCCc1c[nH]c2ccccc12. The molecule has 0 amide bonds. The van der Waals surface area contributed by atoms with Gasteiger partial charge in [-0.1, -0.05) is 109 Å². The average Bonchev–Trinajstić information content (AvgIpc) is 3.05. The number of H-pyrrole nitrogens is 1. The molecule has 1 heterocycles. The van der Waals surface area contributed by atoms with Gasteiger partial charge in [-0.2, -0.15) is 0 Å². The third-order valence-corrected chi connectivity index (χ3v) is 5.47. The van der Waals surface area contributed by atoms with Crippen molar-refractivity contribution in [1.29, 1.82) is 0 Å². The summed E-state index contributed by atoms with van der Waals surface area (Å²) in [7, 11) is 0. The van der Waals surface area contributed by atoms with E-state index in [-0.39, 0.29) is 0 Å². The first-order valence-corrected chi connectivity index (χ1v) is 11.0. The van der Waals surface area contributed by atoms with Gasteiger partial charge in [0.15, 0.2) is 0 Å². The molecule has 0 aliphatic carbocycles. The first kappa shape index (κ1) is 20.1. The molecule has 0 bridgehead atoms. The molecule has 0 aliphatic heterocycles. The molecule has 1 nitrogen and oxygen atoms in total. The Bertz CT molecular complexity index is 554. The number of aromatic amines is 1. The van der Waals surface area contributed by atoms with E-state index in [1.807, 2.05) is 0 Å². The standard InChI is InChI=1S/C24H39N/c1-2-3-4-5-6-7-8-9-10-11-12-13-14-15-18-22-21-25-24-20-17-16-19-23(22)24/h16-17,19-21,25H,2-15,18H2,1H3. The summed E-state index contributed by atoms with van der Waals surface area (Å²) in [5.41, 5.74) is 2.78. The van der Waals surface area contributed by atoms with Crippen molar-refractivity contribution in [3.8, 4) is 0 Å². The second-order valence-electron chi connectivity index (χ2n) is 7.71. The van der Waals surface area contributed by atoms with Crippen LogP contribution in [0, 0.1) is 0 Å². The van der Waals surface area contributed by atoms with Gasteiger partial charge in [0.05, 0.1) is 0 Å². The van der Waals surface area contributed by atoms with Gasteiger partial charge in [0.25, 0.3) is 0 Å². The number of para-hydroxylation sites is 1. The van der Waals surface area contributed by atoms with E-state index in [1.165, 1.54) is 113 Å². The van der Waals surface area contributed by atoms with Crippen LogP contribution in [0.25, 0.3) is 10.9 Å². The number of aromatic nitrogens is 1. The van der Waals surface area contributed by atoms with Crippen molar-refractivity contribution < 1.29 is 0 Å². The number of aryl methyl sites for hydroxylation is 1. The molecule has 0 aliphatic rings. The fourth-order valence-corrected chi connectivity index (χ4v) is 3.85. The maximum Gasteiger partial charge on any atom is 0.0456 e. The number of hydrogen-bond acceptors (Lipinski definition) is 0. The van der Waals surface area contributed by atoms with E-state index in [2.05, 4.69) is 42.4 Å². The van der Waals surface area contributed by atoms with E-state index in [0.717, 1.165) is 0 Å². The van der Waals surface area contributed by atoms with Crippen molar-refractivity contribution in [2.75, 3.05) is 0 Å². The highest BCUT2D eigenvalue weighted by molar-refractivity contribution is 5.82. The Balaban J connectivity index is 1.38. The summed E-state index contributed by atoms with van der Waals surface area (Å²) < 4.78 is 0. The minimum Gasteiger partial charge on any atom is -0.361 e. The molecule has 1 aromatic carbocycles. The van der Waals surface area contributed by atoms with Crippen LogP contribution in [0.4, 0.5) is 0 Å². The second-order valence-corrected chi connectivity index (χ2v) is 7.71. The number of nitrogens with one attached hydrogen (secondary N) is 1. The van der Waals surface area contributed by atoms with E-state index in [0.29, 0.717) is 0 Å². The summed E-state index contributed by atoms with van der Waals surface area (Å²) >= 11 is 0. The third-order valence-electron chi connectivity index (χ3n) is 5.47. The van der Waals surface area contributed by atoms with E-state index >= 15 is 0 Å². The van der Waals surface area contributed by atoms with Crippen molar-refractivity contribution in [3.63, 3.8) is 0 Å². The van der Waals surface area contributed by atoms with Crippen LogP contribution in [-0.2, 0) is 6.42 Å². The van der Waals surface area contributed by atoms with Crippen LogP contribution < -0.4 is 0 Å². The summed E-state index contributed by atoms with van der Waals surface area (Å²) in [5.74, 6) is 0. The Morgan fingerprint density at radius 2 is 1.16 bits per heavy atom. The molecule has 2 aromatic rings. The first-order chi connectivity index (χ1) is 12.4. The minimum atomic E-state index is 1.22. The van der Waals surface area contributed by atoms with Gasteiger partial charge < -0.3 is 4.98 Å². The highest BCUT2D eigenvalue weighted by Crippen LogP contribution is 2.20. The minimum absolute atomic E-state index is 1.22. The van der Waals surface area contributed by atoms with Crippen LogP contribution in [0.2, 0.25) is 0 Å². The van der Waals surface area contributed by atoms with Gasteiger partial charge in [-0.05, 0) is 24.5 Å². The van der Waals surface area contributed by atoms with Gasteiger partial charge >= 0.3 is 0 Å². The Labute approximate surface area is 155 Å². The molecular weight excluding hydrogens is 302 g/mol. The molecule has 1 aromatic heterocycles. The zero-order chi connectivity index (χ0) is 17.6. The predicted molar refractivity (Wildman–Crippen MR) is 112 cm³/mol. The largest absolute Gasteiger partial charge is 0.361 e. The third kappa shape index (κ3) is 8.12. The number of hydrogen-bond donors (Lipinski definition) is 1. The summed E-state index contributed by atoms with van der Waals surface area (Å²) in [4.78, 5) is 3.39. The van der Waals surface area contributed by atoms with Crippen molar-refractivity contribution in [3.05, 3.63) is 36.0 Å². The second kappa shape index (κ2) is 13.0. The van der Waals surface area contributed by atoms with Crippen molar-refractivity contribution >= 4 is 10.9 Å². The Hall–Kier alpha value is -1.24. The fourth-order valence-electron chi connectivity index (χ4n) is 3.85. The number of benzene rings is 1. The Morgan fingerprint density at radius 3 is 1.76 bits per heavy atom. The average molecular weight is 342 g/mol. The van der Waals surface area contributed by atoms with E-state index in [1.54, 1.807) is 0 Å². The van der Waals surface area contributed by atoms with E-state index < -0.39 is 0 Å². The van der Waals surface area contributed by atoms with Crippen LogP contribution in [0.5, 0.6) is 0 Å². The molecule has 0 radical (unpaired) electrons. The normalized spacial score (nSPS) is 11.4. The summed E-state index contributed by atoms with van der Waals surface area (Å²) in [6.45, 7) is 2.29. The Morgan fingerprint density at radius 1 is 0.640 bits per heavy atom. The molecule has 0 atom stereocenters. The molecular formula is C24H39N. The smallest absolute Gasteiger partial charge is 0.0456 e. The van der Waals surface area contributed by atoms with Gasteiger partial charge in [0.2, 0.25) is 0 Å². The van der Waals surface area contributed by atoms with Crippen LogP contribution >= 0.6 is 0 Å². The molecule has 0 saturated carbocycles. The zero-order valence-corrected chi connectivity index (χ0v) is 16.5. The highest BCUT2D eigenvalue weighted by Gasteiger charge is 2.02. The monoisotopic (exact) mass is 341 g/mol. The molecule has 0 spiro atoms. The number of unbranched alkanes of at least 4 members (excludes halogenated alkanes) is 13. The molecule has 1 heteroatoms. The van der Waals surface area contributed by atoms with Crippen molar-refractivity contribution in [2.45, 2.75) is 103 Å². The van der Waals surface area contributed by atoms with Crippen molar-refractivity contribution in [2.24, 2.45) is 0 Å². The van der Waals surface area contributed by atoms with Crippen LogP contribution in [0.1, 0.15) is 102 Å². The maximum atomic E-state index is 3.39. The number of rotatable bonds is 15. The number of fused-ring (bicyclic) bond motifs is 1. The predicted octanol–water partition coefficient (Wildman–Crippen LogP) is 8.19. The highest BCUT2D eigenvalue weighted by atomic mass is 14.7. The zero-order valence-electron chi connectivity index (χ0n) is 16.5. The van der Waals surface area contributed by atoms with E-state index in [4.69, 9.17) is 0 Å². The Kier molecular flexibility index (Phi) is 10.5. The first-order valence-electron chi connectivity index (χ1n) is 11.0. The molecule has 0 unspecified atom stereocenters. The van der Waals surface area contributed by atoms with Crippen LogP contribution in [0.15, 0.2) is 30.5 Å². The topological polar surface area (TPSA) is 15.8 Å².